The Balaban J connectivity index is 0.00000225. The Morgan fingerprint density at radius 1 is 1.25 bits per heavy atom. The molecule has 1 N–H and O–H groups in total. The van der Waals surface area contributed by atoms with Crippen LogP contribution >= 0.6 is 12.4 Å². The fourth-order valence-electron chi connectivity index (χ4n) is 4.82. The smallest absolute Gasteiger partial charge is 0.274 e. The largest absolute Gasteiger partial charge is 0.376 e. The van der Waals surface area contributed by atoms with Crippen molar-refractivity contribution in [3.05, 3.63) is 18.0 Å². The summed E-state index contributed by atoms with van der Waals surface area (Å²) in [7, 11) is 0. The molecule has 1 aliphatic carbocycles. The predicted molar refractivity (Wildman–Crippen MR) is 112 cm³/mol. The Bertz CT molecular complexity index is 618. The van der Waals surface area contributed by atoms with Crippen LogP contribution < -0.4 is 5.32 Å². The van der Waals surface area contributed by atoms with Crippen LogP contribution in [0.1, 0.15) is 74.8 Å². The summed E-state index contributed by atoms with van der Waals surface area (Å²) < 4.78 is 7.85. The highest BCUT2D eigenvalue weighted by Crippen LogP contribution is 2.29. The molecular formula is C21H35ClN4O2. The third-order valence-electron chi connectivity index (χ3n) is 6.58. The van der Waals surface area contributed by atoms with Crippen molar-refractivity contribution >= 4 is 18.3 Å². The molecule has 6 nitrogen and oxygen atoms in total. The SMILES string of the molecule is CC1CCC(N(CC2CCCO2)C(=O)c2ccn(C3CCCNC3)n2)CC1.Cl. The van der Waals surface area contributed by atoms with Gasteiger partial charge in [-0.1, -0.05) is 6.92 Å². The minimum Gasteiger partial charge on any atom is -0.376 e. The first-order valence-electron chi connectivity index (χ1n) is 10.9. The highest BCUT2D eigenvalue weighted by Gasteiger charge is 2.32. The molecule has 1 amide bonds. The van der Waals surface area contributed by atoms with Crippen LogP contribution in [-0.2, 0) is 4.74 Å². The molecule has 2 unspecified atom stereocenters. The molecule has 3 fully saturated rings. The molecule has 0 radical (unpaired) electrons. The summed E-state index contributed by atoms with van der Waals surface area (Å²) in [5, 5.41) is 8.11. The van der Waals surface area contributed by atoms with Gasteiger partial charge in [-0.2, -0.15) is 5.10 Å². The molecular weight excluding hydrogens is 376 g/mol. The average Bonchev–Trinajstić information content (AvgIpc) is 3.39. The lowest BCUT2D eigenvalue weighted by atomic mass is 9.86. The molecule has 2 saturated heterocycles. The van der Waals surface area contributed by atoms with E-state index < -0.39 is 0 Å². The fourth-order valence-corrected chi connectivity index (χ4v) is 4.82. The average molecular weight is 411 g/mol. The third kappa shape index (κ3) is 5.08. The summed E-state index contributed by atoms with van der Waals surface area (Å²) in [6.45, 7) is 5.89. The molecule has 28 heavy (non-hydrogen) atoms. The van der Waals surface area contributed by atoms with Gasteiger partial charge in [-0.15, -0.1) is 12.4 Å². The van der Waals surface area contributed by atoms with Crippen molar-refractivity contribution in [3.8, 4) is 0 Å². The number of piperidine rings is 1. The van der Waals surface area contributed by atoms with E-state index in [2.05, 4.69) is 22.2 Å². The lowest BCUT2D eigenvalue weighted by Gasteiger charge is -2.37. The van der Waals surface area contributed by atoms with Crippen molar-refractivity contribution in [2.45, 2.75) is 76.5 Å². The number of amides is 1. The van der Waals surface area contributed by atoms with Crippen molar-refractivity contribution in [1.29, 1.82) is 0 Å². The van der Waals surface area contributed by atoms with E-state index in [1.165, 1.54) is 19.3 Å². The first kappa shape index (κ1) is 21.6. The van der Waals surface area contributed by atoms with Gasteiger partial charge in [-0.25, -0.2) is 0 Å². The summed E-state index contributed by atoms with van der Waals surface area (Å²) in [5.41, 5.74) is 0.595. The third-order valence-corrected chi connectivity index (χ3v) is 6.58. The molecule has 3 heterocycles. The molecule has 3 aliphatic rings. The van der Waals surface area contributed by atoms with E-state index in [1.807, 2.05) is 16.9 Å². The van der Waals surface area contributed by atoms with E-state index in [-0.39, 0.29) is 24.4 Å². The summed E-state index contributed by atoms with van der Waals surface area (Å²) >= 11 is 0. The van der Waals surface area contributed by atoms with Gasteiger partial charge in [-0.3, -0.25) is 9.48 Å². The summed E-state index contributed by atoms with van der Waals surface area (Å²) in [5.74, 6) is 0.867. The van der Waals surface area contributed by atoms with Crippen LogP contribution in [0.5, 0.6) is 0 Å². The number of rotatable bonds is 5. The normalized spacial score (nSPS) is 30.6. The number of halogens is 1. The minimum atomic E-state index is 0. The van der Waals surface area contributed by atoms with E-state index in [0.29, 0.717) is 17.8 Å². The van der Waals surface area contributed by atoms with Crippen LogP contribution in [-0.4, -0.2) is 59.0 Å². The highest BCUT2D eigenvalue weighted by molar-refractivity contribution is 5.92. The number of aromatic nitrogens is 2. The number of nitrogens with one attached hydrogen (secondary N) is 1. The van der Waals surface area contributed by atoms with E-state index in [1.54, 1.807) is 0 Å². The molecule has 2 atom stereocenters. The van der Waals surface area contributed by atoms with E-state index >= 15 is 0 Å². The maximum atomic E-state index is 13.4. The maximum Gasteiger partial charge on any atom is 0.274 e. The molecule has 7 heteroatoms. The maximum absolute atomic E-state index is 13.4. The number of nitrogens with zero attached hydrogens (tertiary/aromatic N) is 3. The van der Waals surface area contributed by atoms with Gasteiger partial charge in [0.05, 0.1) is 12.1 Å². The summed E-state index contributed by atoms with van der Waals surface area (Å²) in [4.78, 5) is 15.5. The van der Waals surface area contributed by atoms with Crippen molar-refractivity contribution in [1.82, 2.24) is 20.0 Å². The second-order valence-corrected chi connectivity index (χ2v) is 8.69. The minimum absolute atomic E-state index is 0. The zero-order valence-corrected chi connectivity index (χ0v) is 17.8. The van der Waals surface area contributed by atoms with Gasteiger partial charge in [-0.05, 0) is 69.9 Å². The van der Waals surface area contributed by atoms with Crippen LogP contribution in [0.25, 0.3) is 0 Å². The van der Waals surface area contributed by atoms with Gasteiger partial charge in [0.25, 0.3) is 5.91 Å². The summed E-state index contributed by atoms with van der Waals surface area (Å²) in [6.07, 6.45) is 11.3. The lowest BCUT2D eigenvalue weighted by Crippen LogP contribution is -2.46. The molecule has 0 spiro atoms. The second-order valence-electron chi connectivity index (χ2n) is 8.69. The molecule has 1 aromatic rings. The fraction of sp³-hybridized carbons (Fsp3) is 0.810. The zero-order valence-electron chi connectivity index (χ0n) is 17.0. The standard InChI is InChI=1S/C21H34N4O2.ClH/c1-16-6-8-17(9-7-16)24(15-19-5-3-13-27-19)21(26)20-10-12-25(23-20)18-4-2-11-22-14-18;/h10,12,16-19,22H,2-9,11,13-15H2,1H3;1H. The van der Waals surface area contributed by atoms with Crippen LogP contribution in [0.3, 0.4) is 0 Å². The van der Waals surface area contributed by atoms with E-state index in [4.69, 9.17) is 4.74 Å². The first-order valence-corrected chi connectivity index (χ1v) is 10.9. The Morgan fingerprint density at radius 2 is 2.07 bits per heavy atom. The molecule has 158 valence electrons. The van der Waals surface area contributed by atoms with Crippen LogP contribution in [0.4, 0.5) is 0 Å². The van der Waals surface area contributed by atoms with Gasteiger partial charge in [0.1, 0.15) is 5.69 Å². The zero-order chi connectivity index (χ0) is 18.6. The first-order chi connectivity index (χ1) is 13.2. The van der Waals surface area contributed by atoms with Crippen molar-refractivity contribution in [3.63, 3.8) is 0 Å². The molecule has 0 bridgehead atoms. The second kappa shape index (κ2) is 10.1. The lowest BCUT2D eigenvalue weighted by molar-refractivity contribution is 0.0336. The Labute approximate surface area is 174 Å². The van der Waals surface area contributed by atoms with Crippen molar-refractivity contribution in [2.75, 3.05) is 26.2 Å². The number of ether oxygens (including phenoxy) is 1. The molecule has 2 aliphatic heterocycles. The molecule has 1 aromatic heterocycles. The number of hydrogen-bond acceptors (Lipinski definition) is 4. The van der Waals surface area contributed by atoms with E-state index in [0.717, 1.165) is 64.3 Å². The monoisotopic (exact) mass is 410 g/mol. The number of carbonyl (C=O) groups excluding carboxylic acids is 1. The van der Waals surface area contributed by atoms with Crippen LogP contribution in [0.2, 0.25) is 0 Å². The van der Waals surface area contributed by atoms with Crippen molar-refractivity contribution in [2.24, 2.45) is 5.92 Å². The highest BCUT2D eigenvalue weighted by atomic mass is 35.5. The quantitative estimate of drug-likeness (QED) is 0.807. The topological polar surface area (TPSA) is 59.4 Å². The van der Waals surface area contributed by atoms with Crippen molar-refractivity contribution < 1.29 is 9.53 Å². The number of hydrogen-bond donors (Lipinski definition) is 1. The van der Waals surface area contributed by atoms with Gasteiger partial charge in [0, 0.05) is 31.9 Å². The van der Waals surface area contributed by atoms with Crippen LogP contribution in [0, 0.1) is 5.92 Å². The Kier molecular flexibility index (Phi) is 7.77. The van der Waals surface area contributed by atoms with Gasteiger partial charge >= 0.3 is 0 Å². The van der Waals surface area contributed by atoms with Gasteiger partial charge in [0.2, 0.25) is 0 Å². The Morgan fingerprint density at radius 3 is 2.75 bits per heavy atom. The number of carbonyl (C=O) groups is 1. The molecule has 1 saturated carbocycles. The van der Waals surface area contributed by atoms with Crippen LogP contribution in [0.15, 0.2) is 12.3 Å². The molecule has 0 aromatic carbocycles. The predicted octanol–water partition coefficient (Wildman–Crippen LogP) is 3.43. The van der Waals surface area contributed by atoms with Gasteiger partial charge in [0.15, 0.2) is 0 Å². The Hall–Kier alpha value is -1.11. The van der Waals surface area contributed by atoms with Gasteiger partial charge < -0.3 is 15.0 Å². The summed E-state index contributed by atoms with van der Waals surface area (Å²) in [6, 6.07) is 2.60. The van der Waals surface area contributed by atoms with E-state index in [9.17, 15) is 4.79 Å². The molecule has 4 rings (SSSR count).